The van der Waals surface area contributed by atoms with Gasteiger partial charge in [0, 0.05) is 26.2 Å². The van der Waals surface area contributed by atoms with E-state index in [1.54, 1.807) is 19.2 Å². The number of hydrogen-bond donors (Lipinski definition) is 1. The first-order chi connectivity index (χ1) is 14.7. The average Bonchev–Trinajstić information content (AvgIpc) is 2.79. The highest BCUT2D eigenvalue weighted by atomic mass is 19.1. The standard InChI is InChI=1S/C24H29FN2O3/c1-29-15-13-26-20-10-11-22(30-16-20)24(28)27-14-12-17-4-2-3-5-21(17)23(27)18-6-8-19(25)9-7-18/h2-9,20,22-23,26H,10-16H2,1H3/t20-,22-,23+/m1/s1. The number of amides is 1. The van der Waals surface area contributed by atoms with Gasteiger partial charge < -0.3 is 19.7 Å². The van der Waals surface area contributed by atoms with Gasteiger partial charge in [-0.2, -0.15) is 0 Å². The van der Waals surface area contributed by atoms with Gasteiger partial charge in [-0.15, -0.1) is 0 Å². The van der Waals surface area contributed by atoms with E-state index in [9.17, 15) is 9.18 Å². The summed E-state index contributed by atoms with van der Waals surface area (Å²) >= 11 is 0. The van der Waals surface area contributed by atoms with E-state index in [2.05, 4.69) is 17.4 Å². The second-order valence-electron chi connectivity index (χ2n) is 7.98. The van der Waals surface area contributed by atoms with Crippen molar-refractivity contribution in [1.82, 2.24) is 10.2 Å². The highest BCUT2D eigenvalue weighted by Gasteiger charge is 2.37. The summed E-state index contributed by atoms with van der Waals surface area (Å²) in [6.07, 6.45) is 1.97. The molecule has 160 valence electrons. The molecule has 0 aliphatic carbocycles. The van der Waals surface area contributed by atoms with E-state index in [-0.39, 0.29) is 23.8 Å². The van der Waals surface area contributed by atoms with Crippen LogP contribution in [0.2, 0.25) is 0 Å². The van der Waals surface area contributed by atoms with Crippen LogP contribution < -0.4 is 5.32 Å². The molecule has 0 unspecified atom stereocenters. The van der Waals surface area contributed by atoms with E-state index in [4.69, 9.17) is 9.47 Å². The molecule has 0 aromatic heterocycles. The molecule has 0 saturated carbocycles. The fourth-order valence-corrected chi connectivity index (χ4v) is 4.47. The van der Waals surface area contributed by atoms with Crippen molar-refractivity contribution in [2.45, 2.75) is 37.5 Å². The quantitative estimate of drug-likeness (QED) is 0.741. The Kier molecular flexibility index (Phi) is 6.77. The first-order valence-electron chi connectivity index (χ1n) is 10.6. The average molecular weight is 413 g/mol. The molecule has 2 heterocycles. The van der Waals surface area contributed by atoms with Gasteiger partial charge in [-0.05, 0) is 48.1 Å². The fraction of sp³-hybridized carbons (Fsp3) is 0.458. The molecule has 3 atom stereocenters. The second-order valence-corrected chi connectivity index (χ2v) is 7.98. The third-order valence-corrected chi connectivity index (χ3v) is 6.04. The summed E-state index contributed by atoms with van der Waals surface area (Å²) in [4.78, 5) is 15.4. The van der Waals surface area contributed by atoms with Gasteiger partial charge >= 0.3 is 0 Å². The molecule has 2 aromatic carbocycles. The number of nitrogens with one attached hydrogen (secondary N) is 1. The van der Waals surface area contributed by atoms with Crippen LogP contribution in [0.25, 0.3) is 0 Å². The Balaban J connectivity index is 1.51. The third kappa shape index (κ3) is 4.56. The molecule has 30 heavy (non-hydrogen) atoms. The van der Waals surface area contributed by atoms with Gasteiger partial charge in [0.2, 0.25) is 0 Å². The van der Waals surface area contributed by atoms with Crippen LogP contribution in [-0.2, 0) is 20.7 Å². The minimum absolute atomic E-state index is 0.0224. The van der Waals surface area contributed by atoms with Gasteiger partial charge in [0.1, 0.15) is 11.9 Å². The van der Waals surface area contributed by atoms with Crippen molar-refractivity contribution in [2.75, 3.05) is 33.4 Å². The summed E-state index contributed by atoms with van der Waals surface area (Å²) < 4.78 is 24.6. The number of rotatable bonds is 6. The predicted molar refractivity (Wildman–Crippen MR) is 113 cm³/mol. The summed E-state index contributed by atoms with van der Waals surface area (Å²) in [7, 11) is 1.68. The maximum Gasteiger partial charge on any atom is 0.252 e. The van der Waals surface area contributed by atoms with Gasteiger partial charge in [0.25, 0.3) is 5.91 Å². The number of carbonyl (C=O) groups is 1. The lowest BCUT2D eigenvalue weighted by Gasteiger charge is -2.40. The van der Waals surface area contributed by atoms with Gasteiger partial charge in [-0.25, -0.2) is 4.39 Å². The van der Waals surface area contributed by atoms with Gasteiger partial charge in [-0.1, -0.05) is 36.4 Å². The Bertz CT molecular complexity index is 850. The molecule has 2 aliphatic rings. The van der Waals surface area contributed by atoms with Crippen molar-refractivity contribution >= 4 is 5.91 Å². The number of methoxy groups -OCH3 is 1. The lowest BCUT2D eigenvalue weighted by molar-refractivity contribution is -0.149. The molecule has 5 nitrogen and oxygen atoms in total. The van der Waals surface area contributed by atoms with Crippen LogP contribution in [0.3, 0.4) is 0 Å². The normalized spacial score (nSPS) is 23.8. The Labute approximate surface area is 177 Å². The van der Waals surface area contributed by atoms with E-state index in [0.29, 0.717) is 26.2 Å². The van der Waals surface area contributed by atoms with E-state index < -0.39 is 6.10 Å². The number of fused-ring (bicyclic) bond motifs is 1. The van der Waals surface area contributed by atoms with Crippen LogP contribution in [0.1, 0.15) is 35.6 Å². The molecule has 0 bridgehead atoms. The number of ether oxygens (including phenoxy) is 2. The van der Waals surface area contributed by atoms with Crippen molar-refractivity contribution in [2.24, 2.45) is 0 Å². The second kappa shape index (κ2) is 9.69. The molecule has 4 rings (SSSR count). The maximum absolute atomic E-state index is 13.5. The van der Waals surface area contributed by atoms with Crippen LogP contribution >= 0.6 is 0 Å². The molecule has 0 radical (unpaired) electrons. The number of hydrogen-bond acceptors (Lipinski definition) is 4. The van der Waals surface area contributed by atoms with Gasteiger partial charge in [-0.3, -0.25) is 4.79 Å². The SMILES string of the molecule is COCCN[C@@H]1CC[C@H](C(=O)N2CCc3ccccc3[C@@H]2c2ccc(F)cc2)OC1. The molecule has 2 aromatic rings. The zero-order valence-electron chi connectivity index (χ0n) is 17.4. The van der Waals surface area contributed by atoms with E-state index in [1.165, 1.54) is 17.7 Å². The summed E-state index contributed by atoms with van der Waals surface area (Å²) in [5.74, 6) is -0.252. The molecule has 1 saturated heterocycles. The Morgan fingerprint density at radius 2 is 2.00 bits per heavy atom. The lowest BCUT2D eigenvalue weighted by Crippen LogP contribution is -2.50. The van der Waals surface area contributed by atoms with Crippen molar-refractivity contribution in [1.29, 1.82) is 0 Å². The zero-order chi connectivity index (χ0) is 20.9. The third-order valence-electron chi connectivity index (χ3n) is 6.04. The predicted octanol–water partition coefficient (Wildman–Crippen LogP) is 3.08. The van der Waals surface area contributed by atoms with Crippen LogP contribution in [0.15, 0.2) is 48.5 Å². The van der Waals surface area contributed by atoms with E-state index in [1.807, 2.05) is 17.0 Å². The minimum Gasteiger partial charge on any atom is -0.383 e. The zero-order valence-corrected chi connectivity index (χ0v) is 17.4. The molecule has 1 N–H and O–H groups in total. The molecular weight excluding hydrogens is 383 g/mol. The van der Waals surface area contributed by atoms with Crippen LogP contribution in [0, 0.1) is 5.82 Å². The van der Waals surface area contributed by atoms with Gasteiger partial charge in [0.05, 0.1) is 19.3 Å². The Morgan fingerprint density at radius 1 is 1.20 bits per heavy atom. The van der Waals surface area contributed by atoms with E-state index in [0.717, 1.165) is 30.5 Å². The number of carbonyl (C=O) groups excluding carboxylic acids is 1. The highest BCUT2D eigenvalue weighted by Crippen LogP contribution is 2.36. The summed E-state index contributed by atoms with van der Waals surface area (Å²) in [6, 6.07) is 14.7. The lowest BCUT2D eigenvalue weighted by atomic mass is 9.87. The molecular formula is C24H29FN2O3. The molecule has 1 amide bonds. The molecule has 2 aliphatic heterocycles. The first-order valence-corrected chi connectivity index (χ1v) is 10.6. The number of benzene rings is 2. The fourth-order valence-electron chi connectivity index (χ4n) is 4.47. The van der Waals surface area contributed by atoms with E-state index >= 15 is 0 Å². The van der Waals surface area contributed by atoms with Crippen molar-refractivity contribution in [3.05, 3.63) is 71.0 Å². The summed E-state index contributed by atoms with van der Waals surface area (Å²) in [6.45, 7) is 2.59. The Hall–Kier alpha value is -2.28. The van der Waals surface area contributed by atoms with Crippen molar-refractivity contribution < 1.29 is 18.7 Å². The summed E-state index contributed by atoms with van der Waals surface area (Å²) in [5, 5.41) is 3.40. The Morgan fingerprint density at radius 3 is 2.73 bits per heavy atom. The topological polar surface area (TPSA) is 50.8 Å². The van der Waals surface area contributed by atoms with Crippen LogP contribution in [0.4, 0.5) is 4.39 Å². The van der Waals surface area contributed by atoms with Crippen LogP contribution in [-0.4, -0.2) is 56.4 Å². The van der Waals surface area contributed by atoms with Crippen molar-refractivity contribution in [3.63, 3.8) is 0 Å². The highest BCUT2D eigenvalue weighted by molar-refractivity contribution is 5.82. The maximum atomic E-state index is 13.5. The molecule has 6 heteroatoms. The van der Waals surface area contributed by atoms with Crippen LogP contribution in [0.5, 0.6) is 0 Å². The largest absolute Gasteiger partial charge is 0.383 e. The van der Waals surface area contributed by atoms with Gasteiger partial charge in [0.15, 0.2) is 0 Å². The van der Waals surface area contributed by atoms with Crippen molar-refractivity contribution in [3.8, 4) is 0 Å². The first kappa shape index (κ1) is 21.0. The molecule has 1 fully saturated rings. The summed E-state index contributed by atoms with van der Waals surface area (Å²) in [5.41, 5.74) is 3.27. The number of nitrogens with zero attached hydrogens (tertiary/aromatic N) is 1. The molecule has 0 spiro atoms. The monoisotopic (exact) mass is 412 g/mol. The smallest absolute Gasteiger partial charge is 0.252 e. The minimum atomic E-state index is -0.432. The number of halogens is 1.